The van der Waals surface area contributed by atoms with Crippen molar-refractivity contribution in [1.82, 2.24) is 0 Å². The van der Waals surface area contributed by atoms with Crippen LogP contribution in [0.5, 0.6) is 11.5 Å². The molecule has 1 aliphatic rings. The molecule has 1 heterocycles. The van der Waals surface area contributed by atoms with Crippen LogP contribution in [0.1, 0.15) is 18.1 Å². The van der Waals surface area contributed by atoms with Crippen LogP contribution in [0.2, 0.25) is 0 Å². The van der Waals surface area contributed by atoms with Gasteiger partial charge in [-0.3, -0.25) is 0 Å². The molecule has 0 amide bonds. The van der Waals surface area contributed by atoms with Crippen molar-refractivity contribution in [2.75, 3.05) is 13.2 Å². The van der Waals surface area contributed by atoms with Crippen molar-refractivity contribution in [3.63, 3.8) is 0 Å². The maximum absolute atomic E-state index is 10.3. The smallest absolute Gasteiger partial charge is 0.175 e. The number of carbonyl (C=O) groups excluding carboxylic acids is 1. The highest BCUT2D eigenvalue weighted by Crippen LogP contribution is 2.40. The van der Waals surface area contributed by atoms with Gasteiger partial charge in [-0.15, -0.1) is 0 Å². The number of aldehydes is 1. The first-order valence-corrected chi connectivity index (χ1v) is 5.72. The lowest BCUT2D eigenvalue weighted by atomic mass is 10.1. The molecular weight excluding hydrogens is 276 g/mol. The van der Waals surface area contributed by atoms with E-state index < -0.39 is 6.10 Å². The van der Waals surface area contributed by atoms with E-state index in [2.05, 4.69) is 15.9 Å². The average Bonchev–Trinajstić information content (AvgIpc) is 2.29. The number of rotatable bonds is 3. The number of hydrogen-bond donors (Lipinski definition) is 1. The lowest BCUT2D eigenvalue weighted by Crippen LogP contribution is -2.16. The molecule has 1 aromatic carbocycles. The van der Waals surface area contributed by atoms with E-state index in [4.69, 9.17) is 9.47 Å². The fourth-order valence-corrected chi connectivity index (χ4v) is 2.12. The lowest BCUT2D eigenvalue weighted by Gasteiger charge is -2.21. The maximum atomic E-state index is 10.3. The lowest BCUT2D eigenvalue weighted by molar-refractivity contribution is -0.109. The fraction of sp³-hybridized carbons (Fsp3) is 0.364. The van der Waals surface area contributed by atoms with Crippen LogP contribution < -0.4 is 9.47 Å². The number of halogens is 1. The second kappa shape index (κ2) is 4.84. The van der Waals surface area contributed by atoms with Crippen LogP contribution in [0.4, 0.5) is 0 Å². The Morgan fingerprint density at radius 2 is 2.19 bits per heavy atom. The number of aliphatic hydroxyl groups is 1. The molecule has 0 fully saturated rings. The zero-order valence-corrected chi connectivity index (χ0v) is 10.1. The Morgan fingerprint density at radius 3 is 2.94 bits per heavy atom. The quantitative estimate of drug-likeness (QED) is 0.862. The van der Waals surface area contributed by atoms with Gasteiger partial charge in [-0.1, -0.05) is 0 Å². The number of fused-ring (bicyclic) bond motifs is 1. The number of carbonyl (C=O) groups is 1. The Hall–Kier alpha value is -1.07. The van der Waals surface area contributed by atoms with E-state index >= 15 is 0 Å². The van der Waals surface area contributed by atoms with Crippen LogP contribution in [-0.4, -0.2) is 24.6 Å². The van der Waals surface area contributed by atoms with Crippen LogP contribution in [0.25, 0.3) is 0 Å². The Labute approximate surface area is 101 Å². The van der Waals surface area contributed by atoms with Gasteiger partial charge in [0, 0.05) is 6.42 Å². The molecule has 0 saturated heterocycles. The van der Waals surface area contributed by atoms with Gasteiger partial charge in [-0.2, -0.15) is 0 Å². The van der Waals surface area contributed by atoms with Crippen LogP contribution in [0, 0.1) is 0 Å². The minimum Gasteiger partial charge on any atom is -0.486 e. The van der Waals surface area contributed by atoms with Gasteiger partial charge in [0.05, 0.1) is 10.6 Å². The number of ether oxygens (including phenoxy) is 2. The summed E-state index contributed by atoms with van der Waals surface area (Å²) < 4.78 is 11.6. The molecule has 0 bridgehead atoms. The molecule has 86 valence electrons. The molecule has 5 heteroatoms. The van der Waals surface area contributed by atoms with Crippen molar-refractivity contribution < 1.29 is 19.4 Å². The second-order valence-electron chi connectivity index (χ2n) is 3.45. The van der Waals surface area contributed by atoms with E-state index in [1.807, 2.05) is 0 Å². The first-order valence-electron chi connectivity index (χ1n) is 4.93. The van der Waals surface area contributed by atoms with E-state index in [9.17, 15) is 9.90 Å². The van der Waals surface area contributed by atoms with Crippen molar-refractivity contribution in [2.24, 2.45) is 0 Å². The molecule has 16 heavy (non-hydrogen) atoms. The molecule has 1 aromatic rings. The van der Waals surface area contributed by atoms with Gasteiger partial charge < -0.3 is 19.4 Å². The molecule has 0 spiro atoms. The summed E-state index contributed by atoms with van der Waals surface area (Å²) in [5, 5.41) is 9.70. The highest BCUT2D eigenvalue weighted by atomic mass is 79.9. The topological polar surface area (TPSA) is 55.8 Å². The van der Waals surface area contributed by atoms with Crippen molar-refractivity contribution in [2.45, 2.75) is 12.5 Å². The van der Waals surface area contributed by atoms with Gasteiger partial charge in [0.2, 0.25) is 0 Å². The minimum absolute atomic E-state index is 0.0755. The second-order valence-corrected chi connectivity index (χ2v) is 4.30. The average molecular weight is 287 g/mol. The van der Waals surface area contributed by atoms with Crippen LogP contribution in [0.3, 0.4) is 0 Å². The predicted molar refractivity (Wildman–Crippen MR) is 60.8 cm³/mol. The normalized spacial score (nSPS) is 15.6. The summed E-state index contributed by atoms with van der Waals surface area (Å²) in [6.07, 6.45) is -0.0359. The van der Waals surface area contributed by atoms with Crippen LogP contribution in [0.15, 0.2) is 16.6 Å². The van der Waals surface area contributed by atoms with Crippen molar-refractivity contribution in [1.29, 1.82) is 0 Å². The molecule has 2 rings (SSSR count). The molecule has 1 aliphatic heterocycles. The third kappa shape index (κ3) is 2.20. The largest absolute Gasteiger partial charge is 0.486 e. The van der Waals surface area contributed by atoms with E-state index in [1.54, 1.807) is 12.1 Å². The molecule has 0 aromatic heterocycles. The van der Waals surface area contributed by atoms with Gasteiger partial charge in [0.1, 0.15) is 19.5 Å². The van der Waals surface area contributed by atoms with Gasteiger partial charge >= 0.3 is 0 Å². The predicted octanol–water partition coefficient (Wildman–Crippen LogP) is 1.84. The van der Waals surface area contributed by atoms with Crippen molar-refractivity contribution in [3.05, 3.63) is 22.2 Å². The number of aliphatic hydroxyl groups excluding tert-OH is 1. The standard InChI is InChI=1S/C11H11BrO4/c12-8-5-7(9(14)1-2-13)6-10-11(8)16-4-3-15-10/h2,5-6,9,14H,1,3-4H2. The van der Waals surface area contributed by atoms with Gasteiger partial charge in [0.25, 0.3) is 0 Å². The molecule has 1 N–H and O–H groups in total. The Bertz CT molecular complexity index is 405. The molecule has 1 atom stereocenters. The van der Waals surface area contributed by atoms with Crippen molar-refractivity contribution in [3.8, 4) is 11.5 Å². The molecule has 0 aliphatic carbocycles. The van der Waals surface area contributed by atoms with E-state index in [-0.39, 0.29) is 6.42 Å². The zero-order chi connectivity index (χ0) is 11.5. The third-order valence-electron chi connectivity index (χ3n) is 2.32. The van der Waals surface area contributed by atoms with Gasteiger partial charge in [-0.25, -0.2) is 0 Å². The highest BCUT2D eigenvalue weighted by Gasteiger charge is 2.18. The monoisotopic (exact) mass is 286 g/mol. The first kappa shape index (κ1) is 11.4. The van der Waals surface area contributed by atoms with E-state index in [0.717, 1.165) is 4.47 Å². The summed E-state index contributed by atoms with van der Waals surface area (Å²) in [6, 6.07) is 3.44. The summed E-state index contributed by atoms with van der Waals surface area (Å²) in [5.74, 6) is 1.24. The molecule has 1 unspecified atom stereocenters. The summed E-state index contributed by atoms with van der Waals surface area (Å²) >= 11 is 3.35. The van der Waals surface area contributed by atoms with Gasteiger partial charge in [0.15, 0.2) is 11.5 Å². The molecule has 4 nitrogen and oxygen atoms in total. The van der Waals surface area contributed by atoms with Gasteiger partial charge in [-0.05, 0) is 33.6 Å². The minimum atomic E-state index is -0.801. The Balaban J connectivity index is 2.34. The Kier molecular flexibility index (Phi) is 3.46. The SMILES string of the molecule is O=CCC(O)c1cc(Br)c2c(c1)OCCO2. The van der Waals surface area contributed by atoms with E-state index in [1.165, 1.54) is 0 Å². The van der Waals surface area contributed by atoms with Crippen LogP contribution >= 0.6 is 15.9 Å². The molecule has 0 saturated carbocycles. The maximum Gasteiger partial charge on any atom is 0.175 e. The fourth-order valence-electron chi connectivity index (χ4n) is 1.55. The first-order chi connectivity index (χ1) is 7.72. The number of benzene rings is 1. The van der Waals surface area contributed by atoms with Crippen molar-refractivity contribution >= 4 is 22.2 Å². The highest BCUT2D eigenvalue weighted by molar-refractivity contribution is 9.10. The molecular formula is C11H11BrO4. The van der Waals surface area contributed by atoms with Crippen LogP contribution in [-0.2, 0) is 4.79 Å². The zero-order valence-electron chi connectivity index (χ0n) is 8.48. The van der Waals surface area contributed by atoms with E-state index in [0.29, 0.717) is 36.6 Å². The molecule has 0 radical (unpaired) electrons. The summed E-state index contributed by atoms with van der Waals surface area (Å²) in [7, 11) is 0. The summed E-state index contributed by atoms with van der Waals surface area (Å²) in [4.78, 5) is 10.3. The third-order valence-corrected chi connectivity index (χ3v) is 2.91. The number of hydrogen-bond acceptors (Lipinski definition) is 4. The summed E-state index contributed by atoms with van der Waals surface area (Å²) in [5.41, 5.74) is 0.642. The Morgan fingerprint density at radius 1 is 1.44 bits per heavy atom. The summed E-state index contributed by atoms with van der Waals surface area (Å²) in [6.45, 7) is 1.01.